The standard InChI is InChI=1S/C19H18ClN3OS/c1-14(15-6-3-2-4-7-15)22-18(24)13-25-19-21-10-11-23(19)17-9-5-8-16(20)12-17/h2-12,14H,13H2,1H3,(H,22,24). The fraction of sp³-hybridized carbons (Fsp3) is 0.158. The van der Waals surface area contributed by atoms with E-state index < -0.39 is 0 Å². The van der Waals surface area contributed by atoms with Crippen LogP contribution in [0.1, 0.15) is 18.5 Å². The number of nitrogens with zero attached hydrogens (tertiary/aromatic N) is 2. The first-order chi connectivity index (χ1) is 12.1. The molecular formula is C19H18ClN3OS. The maximum Gasteiger partial charge on any atom is 0.230 e. The van der Waals surface area contributed by atoms with Crippen LogP contribution in [0.2, 0.25) is 5.02 Å². The van der Waals surface area contributed by atoms with Crippen LogP contribution in [0.4, 0.5) is 0 Å². The molecule has 4 nitrogen and oxygen atoms in total. The fourth-order valence-electron chi connectivity index (χ4n) is 2.46. The molecule has 0 aliphatic rings. The van der Waals surface area contributed by atoms with E-state index in [0.717, 1.165) is 16.4 Å². The largest absolute Gasteiger partial charge is 0.349 e. The molecule has 25 heavy (non-hydrogen) atoms. The highest BCUT2D eigenvalue weighted by atomic mass is 35.5. The molecule has 0 saturated heterocycles. The van der Waals surface area contributed by atoms with Gasteiger partial charge in [-0.15, -0.1) is 0 Å². The average molecular weight is 372 g/mol. The zero-order valence-corrected chi connectivity index (χ0v) is 15.3. The first-order valence-electron chi connectivity index (χ1n) is 7.90. The Morgan fingerprint density at radius 3 is 2.80 bits per heavy atom. The Morgan fingerprint density at radius 1 is 1.24 bits per heavy atom. The van der Waals surface area contributed by atoms with Crippen molar-refractivity contribution < 1.29 is 4.79 Å². The van der Waals surface area contributed by atoms with Gasteiger partial charge in [-0.1, -0.05) is 59.8 Å². The van der Waals surface area contributed by atoms with Gasteiger partial charge in [0.15, 0.2) is 5.16 Å². The summed E-state index contributed by atoms with van der Waals surface area (Å²) in [4.78, 5) is 16.6. The molecule has 0 aliphatic heterocycles. The van der Waals surface area contributed by atoms with Gasteiger partial charge in [-0.05, 0) is 30.7 Å². The van der Waals surface area contributed by atoms with Gasteiger partial charge in [-0.2, -0.15) is 0 Å². The summed E-state index contributed by atoms with van der Waals surface area (Å²) in [6.07, 6.45) is 3.58. The summed E-state index contributed by atoms with van der Waals surface area (Å²) in [5.74, 6) is 0.274. The number of nitrogens with one attached hydrogen (secondary N) is 1. The third-order valence-corrected chi connectivity index (χ3v) is 4.90. The van der Waals surface area contributed by atoms with Gasteiger partial charge in [0.05, 0.1) is 11.8 Å². The number of hydrogen-bond donors (Lipinski definition) is 1. The minimum atomic E-state index is -0.0259. The molecule has 1 unspecified atom stereocenters. The third kappa shape index (κ3) is 4.65. The molecule has 1 atom stereocenters. The summed E-state index contributed by atoms with van der Waals surface area (Å²) in [6, 6.07) is 17.4. The van der Waals surface area contributed by atoms with E-state index in [1.54, 1.807) is 6.20 Å². The van der Waals surface area contributed by atoms with Gasteiger partial charge >= 0.3 is 0 Å². The zero-order chi connectivity index (χ0) is 17.6. The molecule has 3 rings (SSSR count). The Labute approximate surface area is 156 Å². The van der Waals surface area contributed by atoms with Gasteiger partial charge in [0.25, 0.3) is 0 Å². The Kier molecular flexibility index (Phi) is 5.79. The maximum atomic E-state index is 12.2. The van der Waals surface area contributed by atoms with Gasteiger partial charge in [0, 0.05) is 23.1 Å². The second-order valence-corrected chi connectivity index (χ2v) is 6.93. The van der Waals surface area contributed by atoms with Crippen LogP contribution in [0.5, 0.6) is 0 Å². The van der Waals surface area contributed by atoms with Crippen molar-refractivity contribution in [2.75, 3.05) is 5.75 Å². The van der Waals surface area contributed by atoms with E-state index >= 15 is 0 Å². The van der Waals surface area contributed by atoms with E-state index in [1.807, 2.05) is 72.3 Å². The molecule has 1 N–H and O–H groups in total. The van der Waals surface area contributed by atoms with Crippen LogP contribution in [0.15, 0.2) is 72.1 Å². The third-order valence-electron chi connectivity index (χ3n) is 3.70. The quantitative estimate of drug-likeness (QED) is 0.649. The number of carbonyl (C=O) groups is 1. The Hall–Kier alpha value is -2.24. The van der Waals surface area contributed by atoms with Crippen LogP contribution in [0.3, 0.4) is 0 Å². The molecule has 0 spiro atoms. The minimum absolute atomic E-state index is 0.0259. The first kappa shape index (κ1) is 17.6. The molecule has 1 heterocycles. The number of imidazole rings is 1. The zero-order valence-electron chi connectivity index (χ0n) is 13.7. The summed E-state index contributed by atoms with van der Waals surface area (Å²) in [7, 11) is 0. The van der Waals surface area contributed by atoms with E-state index in [9.17, 15) is 4.79 Å². The molecular weight excluding hydrogens is 354 g/mol. The number of rotatable bonds is 6. The molecule has 6 heteroatoms. The Balaban J connectivity index is 1.61. The molecule has 0 aliphatic carbocycles. The lowest BCUT2D eigenvalue weighted by atomic mass is 10.1. The van der Waals surface area contributed by atoms with Crippen molar-refractivity contribution in [3.63, 3.8) is 0 Å². The number of amides is 1. The SMILES string of the molecule is CC(NC(=O)CSc1nccn1-c1cccc(Cl)c1)c1ccccc1. The molecule has 1 aromatic heterocycles. The molecule has 0 bridgehead atoms. The maximum absolute atomic E-state index is 12.2. The van der Waals surface area contributed by atoms with Crippen molar-refractivity contribution in [3.8, 4) is 5.69 Å². The Bertz CT molecular complexity index is 851. The fourth-order valence-corrected chi connectivity index (χ4v) is 3.43. The van der Waals surface area contributed by atoms with E-state index in [0.29, 0.717) is 10.8 Å². The van der Waals surface area contributed by atoms with Gasteiger partial charge in [-0.3, -0.25) is 9.36 Å². The van der Waals surface area contributed by atoms with Gasteiger partial charge in [-0.25, -0.2) is 4.98 Å². The second-order valence-electron chi connectivity index (χ2n) is 5.55. The number of hydrogen-bond acceptors (Lipinski definition) is 3. The van der Waals surface area contributed by atoms with E-state index in [1.165, 1.54) is 11.8 Å². The first-order valence-corrected chi connectivity index (χ1v) is 9.26. The van der Waals surface area contributed by atoms with Crippen molar-refractivity contribution in [1.82, 2.24) is 14.9 Å². The summed E-state index contributed by atoms with van der Waals surface area (Å²) < 4.78 is 1.92. The highest BCUT2D eigenvalue weighted by molar-refractivity contribution is 7.99. The smallest absolute Gasteiger partial charge is 0.230 e. The van der Waals surface area contributed by atoms with Crippen LogP contribution in [-0.2, 0) is 4.79 Å². The predicted molar refractivity (Wildman–Crippen MR) is 102 cm³/mol. The summed E-state index contributed by atoms with van der Waals surface area (Å²) in [5.41, 5.74) is 2.01. The van der Waals surface area contributed by atoms with Crippen LogP contribution < -0.4 is 5.32 Å². The summed E-state index contributed by atoms with van der Waals surface area (Å²) >= 11 is 7.45. The van der Waals surface area contributed by atoms with Crippen LogP contribution in [0, 0.1) is 0 Å². The summed E-state index contributed by atoms with van der Waals surface area (Å²) in [6.45, 7) is 1.98. The van der Waals surface area contributed by atoms with Crippen LogP contribution in [-0.4, -0.2) is 21.2 Å². The Morgan fingerprint density at radius 2 is 2.04 bits per heavy atom. The average Bonchev–Trinajstić information content (AvgIpc) is 3.09. The molecule has 0 saturated carbocycles. The minimum Gasteiger partial charge on any atom is -0.349 e. The molecule has 0 radical (unpaired) electrons. The van der Waals surface area contributed by atoms with Gasteiger partial charge < -0.3 is 5.32 Å². The van der Waals surface area contributed by atoms with E-state index in [4.69, 9.17) is 11.6 Å². The monoisotopic (exact) mass is 371 g/mol. The highest BCUT2D eigenvalue weighted by Crippen LogP contribution is 2.22. The van der Waals surface area contributed by atoms with Crippen LogP contribution in [0.25, 0.3) is 5.69 Å². The highest BCUT2D eigenvalue weighted by Gasteiger charge is 2.12. The molecule has 1 amide bonds. The van der Waals surface area contributed by atoms with Crippen molar-refractivity contribution in [1.29, 1.82) is 0 Å². The number of halogens is 1. The lowest BCUT2D eigenvalue weighted by Crippen LogP contribution is -2.28. The van der Waals surface area contributed by atoms with Crippen molar-refractivity contribution in [3.05, 3.63) is 77.6 Å². The number of benzene rings is 2. The van der Waals surface area contributed by atoms with E-state index in [-0.39, 0.29) is 11.9 Å². The van der Waals surface area contributed by atoms with Crippen molar-refractivity contribution in [2.24, 2.45) is 0 Å². The number of carbonyl (C=O) groups excluding carboxylic acids is 1. The molecule has 2 aromatic carbocycles. The molecule has 0 fully saturated rings. The lowest BCUT2D eigenvalue weighted by Gasteiger charge is -2.14. The van der Waals surface area contributed by atoms with Crippen LogP contribution >= 0.6 is 23.4 Å². The predicted octanol–water partition coefficient (Wildman–Crippen LogP) is 4.50. The second kappa shape index (κ2) is 8.23. The van der Waals surface area contributed by atoms with Crippen molar-refractivity contribution in [2.45, 2.75) is 18.1 Å². The van der Waals surface area contributed by atoms with Gasteiger partial charge in [0.1, 0.15) is 0 Å². The summed E-state index contributed by atoms with van der Waals surface area (Å²) in [5, 5.41) is 4.43. The lowest BCUT2D eigenvalue weighted by molar-refractivity contribution is -0.119. The number of thioether (sulfide) groups is 1. The number of aromatic nitrogens is 2. The topological polar surface area (TPSA) is 46.9 Å². The van der Waals surface area contributed by atoms with Crippen molar-refractivity contribution >= 4 is 29.3 Å². The van der Waals surface area contributed by atoms with Gasteiger partial charge in [0.2, 0.25) is 5.91 Å². The molecule has 128 valence electrons. The van der Waals surface area contributed by atoms with E-state index in [2.05, 4.69) is 10.3 Å². The normalized spacial score (nSPS) is 11.9. The molecule has 3 aromatic rings.